The Balaban J connectivity index is 2.15. The molecule has 0 bridgehead atoms. The van der Waals surface area contributed by atoms with Crippen molar-refractivity contribution in [2.24, 2.45) is 0 Å². The van der Waals surface area contributed by atoms with Crippen LogP contribution in [0.5, 0.6) is 5.75 Å². The van der Waals surface area contributed by atoms with Crippen LogP contribution in [0, 0.1) is 20.2 Å². The zero-order chi connectivity index (χ0) is 15.4. The first kappa shape index (κ1) is 14.7. The molecule has 2 aromatic rings. The number of non-ortho nitro benzene ring substituents is 1. The van der Waals surface area contributed by atoms with E-state index in [9.17, 15) is 20.2 Å². The summed E-state index contributed by atoms with van der Waals surface area (Å²) in [4.78, 5) is 20.4. The second-order valence-electron chi connectivity index (χ2n) is 4.05. The number of nitro groups is 2. The summed E-state index contributed by atoms with van der Waals surface area (Å²) in [5.74, 6) is 0.463. The van der Waals surface area contributed by atoms with Gasteiger partial charge in [0.15, 0.2) is 0 Å². The van der Waals surface area contributed by atoms with Crippen molar-refractivity contribution in [3.8, 4) is 5.75 Å². The summed E-state index contributed by atoms with van der Waals surface area (Å²) < 4.78 is 5.12. The first-order chi connectivity index (χ1) is 10.0. The van der Waals surface area contributed by atoms with Crippen LogP contribution in [0.1, 0.15) is 5.56 Å². The lowest BCUT2D eigenvalue weighted by atomic mass is 10.2. The monoisotopic (exact) mass is 309 g/mol. The van der Waals surface area contributed by atoms with Crippen LogP contribution >= 0.6 is 11.3 Å². The van der Waals surface area contributed by atoms with Crippen LogP contribution in [0.3, 0.4) is 0 Å². The molecule has 0 radical (unpaired) electrons. The molecule has 1 heterocycles. The zero-order valence-electron chi connectivity index (χ0n) is 10.9. The Bertz CT molecular complexity index is 685. The summed E-state index contributed by atoms with van der Waals surface area (Å²) >= 11 is 1.03. The summed E-state index contributed by atoms with van der Waals surface area (Å²) in [7, 11) is 1.46. The fraction of sp³-hybridized carbons (Fsp3) is 0.167. The van der Waals surface area contributed by atoms with E-state index in [2.05, 4.69) is 5.32 Å². The van der Waals surface area contributed by atoms with Crippen molar-refractivity contribution in [1.82, 2.24) is 0 Å². The van der Waals surface area contributed by atoms with Crippen LogP contribution in [-0.2, 0) is 6.54 Å². The van der Waals surface area contributed by atoms with Gasteiger partial charge in [0.25, 0.3) is 5.69 Å². The third-order valence-electron chi connectivity index (χ3n) is 2.70. The van der Waals surface area contributed by atoms with Crippen LogP contribution in [0.4, 0.5) is 16.4 Å². The summed E-state index contributed by atoms with van der Waals surface area (Å²) in [6.07, 6.45) is 0. The average Bonchev–Trinajstić information content (AvgIpc) is 2.93. The summed E-state index contributed by atoms with van der Waals surface area (Å²) in [5, 5.41) is 26.1. The van der Waals surface area contributed by atoms with Crippen LogP contribution in [-0.4, -0.2) is 17.0 Å². The van der Waals surface area contributed by atoms with Gasteiger partial charge in [0.05, 0.1) is 22.6 Å². The van der Waals surface area contributed by atoms with E-state index in [4.69, 9.17) is 4.74 Å². The number of hydrogen-bond donors (Lipinski definition) is 1. The van der Waals surface area contributed by atoms with Crippen molar-refractivity contribution < 1.29 is 14.6 Å². The van der Waals surface area contributed by atoms with Gasteiger partial charge in [-0.25, -0.2) is 0 Å². The quantitative estimate of drug-likeness (QED) is 0.648. The van der Waals surface area contributed by atoms with Gasteiger partial charge in [-0.05, 0) is 11.6 Å². The van der Waals surface area contributed by atoms with Gasteiger partial charge in [-0.15, -0.1) is 0 Å². The van der Waals surface area contributed by atoms with Crippen LogP contribution in [0.2, 0.25) is 0 Å². The number of anilines is 1. The maximum atomic E-state index is 10.8. The lowest BCUT2D eigenvalue weighted by Crippen LogP contribution is -2.01. The SMILES string of the molecule is COc1ccc([N+](=O)[O-])cc1NCc1csc([N+](=O)[O-])c1. The lowest BCUT2D eigenvalue weighted by Gasteiger charge is -2.10. The first-order valence-electron chi connectivity index (χ1n) is 5.79. The van der Waals surface area contributed by atoms with Crippen molar-refractivity contribution in [2.75, 3.05) is 12.4 Å². The van der Waals surface area contributed by atoms with E-state index in [0.29, 0.717) is 18.0 Å². The molecule has 0 fully saturated rings. The van der Waals surface area contributed by atoms with Crippen molar-refractivity contribution in [3.63, 3.8) is 0 Å². The molecule has 0 aliphatic carbocycles. The van der Waals surface area contributed by atoms with Crippen molar-refractivity contribution in [3.05, 3.63) is 55.4 Å². The molecule has 0 spiro atoms. The first-order valence-corrected chi connectivity index (χ1v) is 6.67. The minimum absolute atomic E-state index is 0.0535. The predicted octanol–water partition coefficient (Wildman–Crippen LogP) is 3.19. The minimum Gasteiger partial charge on any atom is -0.495 e. The number of nitro benzene ring substituents is 1. The predicted molar refractivity (Wildman–Crippen MR) is 77.9 cm³/mol. The fourth-order valence-corrected chi connectivity index (χ4v) is 2.43. The van der Waals surface area contributed by atoms with E-state index in [1.807, 2.05) is 0 Å². The molecular formula is C12H11N3O5S. The second kappa shape index (κ2) is 6.18. The summed E-state index contributed by atoms with van der Waals surface area (Å²) in [6.45, 7) is 0.307. The molecule has 21 heavy (non-hydrogen) atoms. The van der Waals surface area contributed by atoms with Crippen molar-refractivity contribution in [1.29, 1.82) is 0 Å². The normalized spacial score (nSPS) is 10.1. The number of nitrogens with one attached hydrogen (secondary N) is 1. The number of benzene rings is 1. The van der Waals surface area contributed by atoms with Gasteiger partial charge in [0, 0.05) is 30.1 Å². The van der Waals surface area contributed by atoms with Gasteiger partial charge in [-0.3, -0.25) is 20.2 Å². The van der Waals surface area contributed by atoms with Gasteiger partial charge in [0.2, 0.25) is 0 Å². The van der Waals surface area contributed by atoms with Crippen LogP contribution in [0.15, 0.2) is 29.6 Å². The fourth-order valence-electron chi connectivity index (χ4n) is 1.70. The van der Waals surface area contributed by atoms with E-state index in [1.165, 1.54) is 31.4 Å². The van der Waals surface area contributed by atoms with E-state index >= 15 is 0 Å². The van der Waals surface area contributed by atoms with Gasteiger partial charge >= 0.3 is 5.00 Å². The molecule has 110 valence electrons. The Hall–Kier alpha value is -2.68. The zero-order valence-corrected chi connectivity index (χ0v) is 11.8. The molecular weight excluding hydrogens is 298 g/mol. The van der Waals surface area contributed by atoms with Crippen LogP contribution in [0.25, 0.3) is 0 Å². The molecule has 0 amide bonds. The van der Waals surface area contributed by atoms with E-state index < -0.39 is 9.85 Å². The molecule has 0 atom stereocenters. The highest BCUT2D eigenvalue weighted by atomic mass is 32.1. The Labute approximate surface area is 123 Å². The number of hydrogen-bond acceptors (Lipinski definition) is 7. The Morgan fingerprint density at radius 2 is 2.00 bits per heavy atom. The van der Waals surface area contributed by atoms with Gasteiger partial charge in [-0.2, -0.15) is 0 Å². The van der Waals surface area contributed by atoms with E-state index in [-0.39, 0.29) is 10.7 Å². The maximum Gasteiger partial charge on any atom is 0.324 e. The number of thiophene rings is 1. The standard InChI is InChI=1S/C12H11N3O5S/c1-20-11-3-2-9(14(16)17)5-10(11)13-6-8-4-12(15(18)19)21-7-8/h2-5,7,13H,6H2,1H3. The minimum atomic E-state index is -0.500. The average molecular weight is 309 g/mol. The molecule has 0 unspecified atom stereocenters. The lowest BCUT2D eigenvalue weighted by molar-refractivity contribution is -0.384. The topological polar surface area (TPSA) is 108 Å². The highest BCUT2D eigenvalue weighted by Crippen LogP contribution is 2.30. The Kier molecular flexibility index (Phi) is 4.33. The molecule has 2 rings (SSSR count). The second-order valence-corrected chi connectivity index (χ2v) is 4.94. The molecule has 1 aromatic heterocycles. The maximum absolute atomic E-state index is 10.8. The van der Waals surface area contributed by atoms with Crippen molar-refractivity contribution in [2.45, 2.75) is 6.54 Å². The molecule has 8 nitrogen and oxygen atoms in total. The summed E-state index contributed by atoms with van der Waals surface area (Å²) in [6, 6.07) is 5.66. The van der Waals surface area contributed by atoms with E-state index in [0.717, 1.165) is 16.9 Å². The van der Waals surface area contributed by atoms with Crippen molar-refractivity contribution >= 4 is 27.7 Å². The molecule has 0 saturated heterocycles. The number of nitrogens with zero attached hydrogens (tertiary/aromatic N) is 2. The van der Waals surface area contributed by atoms with Gasteiger partial charge in [0.1, 0.15) is 5.75 Å². The highest BCUT2D eigenvalue weighted by molar-refractivity contribution is 7.13. The molecule has 1 N–H and O–H groups in total. The smallest absolute Gasteiger partial charge is 0.324 e. The Morgan fingerprint density at radius 1 is 1.24 bits per heavy atom. The Morgan fingerprint density at radius 3 is 2.57 bits per heavy atom. The van der Waals surface area contributed by atoms with E-state index in [1.54, 1.807) is 5.38 Å². The number of ether oxygens (including phenoxy) is 1. The number of methoxy groups -OCH3 is 1. The molecule has 0 aliphatic rings. The highest BCUT2D eigenvalue weighted by Gasteiger charge is 2.13. The molecule has 0 saturated carbocycles. The molecule has 1 aromatic carbocycles. The molecule has 9 heteroatoms. The summed E-state index contributed by atoms with van der Waals surface area (Å²) in [5.41, 5.74) is 1.12. The third-order valence-corrected chi connectivity index (χ3v) is 3.63. The third kappa shape index (κ3) is 3.45. The molecule has 0 aliphatic heterocycles. The van der Waals surface area contributed by atoms with Gasteiger partial charge < -0.3 is 10.1 Å². The largest absolute Gasteiger partial charge is 0.495 e. The number of rotatable bonds is 6. The van der Waals surface area contributed by atoms with Crippen LogP contribution < -0.4 is 10.1 Å². The van der Waals surface area contributed by atoms with Gasteiger partial charge in [-0.1, -0.05) is 11.3 Å².